The molecule has 0 radical (unpaired) electrons. The molecule has 46 heavy (non-hydrogen) atoms. The molecule has 0 spiro atoms. The Bertz CT molecular complexity index is 1010. The van der Waals surface area contributed by atoms with E-state index in [1.165, 1.54) is 4.90 Å². The number of carbonyl (C=O) groups is 8. The maximum absolute atomic E-state index is 11.4. The molecule has 0 aromatic heterocycles. The van der Waals surface area contributed by atoms with Gasteiger partial charge in [-0.1, -0.05) is 27.7 Å². The van der Waals surface area contributed by atoms with Crippen molar-refractivity contribution in [2.45, 2.75) is 67.2 Å². The number of carbonyl (C=O) groups excluding carboxylic acids is 8. The fraction of sp³-hybridized carbons (Fsp3) is 0.733. The lowest BCUT2D eigenvalue weighted by molar-refractivity contribution is -0.143. The number of nitrogens with zero attached hydrogens (tertiary/aromatic N) is 2. The summed E-state index contributed by atoms with van der Waals surface area (Å²) in [6.07, 6.45) is 1.53. The fourth-order valence-electron chi connectivity index (χ4n) is 3.66. The minimum atomic E-state index is -0.289. The molecule has 2 heterocycles. The molecule has 16 nitrogen and oxygen atoms in total. The molecule has 0 bridgehead atoms. The first-order chi connectivity index (χ1) is 21.7. The first kappa shape index (κ1) is 44.2. The summed E-state index contributed by atoms with van der Waals surface area (Å²) in [6.45, 7) is 13.7. The molecule has 8 amide bonds. The highest BCUT2D eigenvalue weighted by atomic mass is 16.5. The van der Waals surface area contributed by atoms with Gasteiger partial charge in [0, 0.05) is 71.4 Å². The predicted molar refractivity (Wildman–Crippen MR) is 169 cm³/mol. The van der Waals surface area contributed by atoms with Crippen molar-refractivity contribution in [3.63, 3.8) is 0 Å². The van der Waals surface area contributed by atoms with Crippen molar-refractivity contribution >= 4 is 47.3 Å². The maximum Gasteiger partial charge on any atom is 0.240 e. The van der Waals surface area contributed by atoms with E-state index in [4.69, 9.17) is 9.47 Å². The van der Waals surface area contributed by atoms with E-state index >= 15 is 0 Å². The van der Waals surface area contributed by atoms with E-state index in [2.05, 4.69) is 21.3 Å². The zero-order valence-corrected chi connectivity index (χ0v) is 28.6. The van der Waals surface area contributed by atoms with Gasteiger partial charge in [0.2, 0.25) is 47.3 Å². The molecule has 2 fully saturated rings. The quantitative estimate of drug-likeness (QED) is 0.137. The number of methoxy groups -OCH3 is 2. The lowest BCUT2D eigenvalue weighted by Gasteiger charge is -2.13. The number of imide groups is 2. The molecular formula is C30H54N6O10. The SMILES string of the molecule is CCC(=O)NCCOC.CCNC(=O)CN1C(=O)CC(C)C1=O.CCNC(=O)CNC(=O)CC.COCCN1C(=O)CC(C)C1=O. The largest absolute Gasteiger partial charge is 0.383 e. The Balaban J connectivity index is 0. The van der Waals surface area contributed by atoms with Crippen molar-refractivity contribution in [2.24, 2.45) is 11.8 Å². The number of likely N-dealkylation sites (tertiary alicyclic amines) is 2. The molecule has 2 saturated heterocycles. The van der Waals surface area contributed by atoms with Gasteiger partial charge in [-0.05, 0) is 13.8 Å². The zero-order chi connectivity index (χ0) is 35.7. The van der Waals surface area contributed by atoms with E-state index in [9.17, 15) is 38.4 Å². The molecule has 16 heteroatoms. The third-order valence-electron chi connectivity index (χ3n) is 6.22. The normalized spacial score (nSPS) is 16.7. The van der Waals surface area contributed by atoms with Crippen LogP contribution in [0.1, 0.15) is 67.2 Å². The van der Waals surface area contributed by atoms with Crippen LogP contribution in [0.25, 0.3) is 0 Å². The van der Waals surface area contributed by atoms with Gasteiger partial charge in [0.15, 0.2) is 0 Å². The second-order valence-electron chi connectivity index (χ2n) is 10.1. The molecule has 2 aliphatic rings. The fourth-order valence-corrected chi connectivity index (χ4v) is 3.66. The zero-order valence-electron chi connectivity index (χ0n) is 28.6. The summed E-state index contributed by atoms with van der Waals surface area (Å²) >= 11 is 0. The van der Waals surface area contributed by atoms with Crippen LogP contribution in [0.4, 0.5) is 0 Å². The van der Waals surface area contributed by atoms with Gasteiger partial charge in [-0.15, -0.1) is 0 Å². The second kappa shape index (κ2) is 26.3. The van der Waals surface area contributed by atoms with Crippen LogP contribution in [0, 0.1) is 11.8 Å². The molecule has 0 aliphatic carbocycles. The molecule has 2 aliphatic heterocycles. The summed E-state index contributed by atoms with van der Waals surface area (Å²) in [5.41, 5.74) is 0. The van der Waals surface area contributed by atoms with E-state index in [0.717, 1.165) is 4.90 Å². The molecule has 264 valence electrons. The van der Waals surface area contributed by atoms with Crippen molar-refractivity contribution in [1.29, 1.82) is 0 Å². The smallest absolute Gasteiger partial charge is 0.240 e. The van der Waals surface area contributed by atoms with Crippen molar-refractivity contribution < 1.29 is 47.8 Å². The molecule has 0 aromatic rings. The number of rotatable bonds is 14. The summed E-state index contributed by atoms with van der Waals surface area (Å²) in [4.78, 5) is 90.4. The van der Waals surface area contributed by atoms with Gasteiger partial charge >= 0.3 is 0 Å². The van der Waals surface area contributed by atoms with Crippen LogP contribution in [-0.4, -0.2) is 124 Å². The molecule has 2 unspecified atom stereocenters. The minimum absolute atomic E-state index is 0.0722. The average Bonchev–Trinajstić information content (AvgIpc) is 3.41. The molecule has 2 atom stereocenters. The lowest BCUT2D eigenvalue weighted by atomic mass is 10.1. The van der Waals surface area contributed by atoms with Gasteiger partial charge in [0.05, 0.1) is 26.3 Å². The minimum Gasteiger partial charge on any atom is -0.383 e. The topological polar surface area (TPSA) is 210 Å². The molecule has 4 N–H and O–H groups in total. The van der Waals surface area contributed by atoms with Gasteiger partial charge in [-0.2, -0.15) is 0 Å². The monoisotopic (exact) mass is 658 g/mol. The van der Waals surface area contributed by atoms with Crippen LogP contribution in [-0.2, 0) is 47.8 Å². The summed E-state index contributed by atoms with van der Waals surface area (Å²) in [6, 6.07) is 0. The maximum atomic E-state index is 11.4. The lowest BCUT2D eigenvalue weighted by Crippen LogP contribution is -2.40. The van der Waals surface area contributed by atoms with Gasteiger partial charge in [-0.25, -0.2) is 0 Å². The standard InChI is InChI=1S/C9H14N2O3.C8H13NO3.C7H14N2O2.C6H13NO2/c1-3-10-7(12)5-11-8(13)4-6(2)9(11)14;1-6-5-7(10)9(8(6)11)3-4-12-2;1-3-6(10)9-5-7(11)8-4-2;1-3-6(8)7-4-5-9-2/h6H,3-5H2,1-2H3,(H,10,12);6H,3-5H2,1-2H3;3-5H2,1-2H3,(H,8,11)(H,9,10);3-5H2,1-2H3,(H,7,8). The Morgan fingerprint density at radius 3 is 1.52 bits per heavy atom. The molecule has 0 aromatic carbocycles. The van der Waals surface area contributed by atoms with Crippen molar-refractivity contribution in [3.05, 3.63) is 0 Å². The highest BCUT2D eigenvalue weighted by molar-refractivity contribution is 6.05. The molecule has 2 rings (SSSR count). The summed E-state index contributed by atoms with van der Waals surface area (Å²) in [7, 11) is 3.16. The van der Waals surface area contributed by atoms with Gasteiger partial charge in [0.25, 0.3) is 0 Å². The predicted octanol–water partition coefficient (Wildman–Crippen LogP) is -0.647. The molecule has 0 saturated carbocycles. The summed E-state index contributed by atoms with van der Waals surface area (Å²) in [5, 5.41) is 10.2. The highest BCUT2D eigenvalue weighted by Gasteiger charge is 2.36. The Kier molecular flexibility index (Phi) is 25.3. The van der Waals surface area contributed by atoms with E-state index in [-0.39, 0.29) is 78.6 Å². The van der Waals surface area contributed by atoms with E-state index in [0.29, 0.717) is 58.7 Å². The van der Waals surface area contributed by atoms with Crippen LogP contribution in [0.5, 0.6) is 0 Å². The van der Waals surface area contributed by atoms with Crippen LogP contribution < -0.4 is 21.3 Å². The first-order valence-corrected chi connectivity index (χ1v) is 15.5. The van der Waals surface area contributed by atoms with Gasteiger partial charge < -0.3 is 30.7 Å². The number of ether oxygens (including phenoxy) is 2. The van der Waals surface area contributed by atoms with Gasteiger partial charge in [0.1, 0.15) is 6.54 Å². The Morgan fingerprint density at radius 2 is 1.11 bits per heavy atom. The highest BCUT2D eigenvalue weighted by Crippen LogP contribution is 2.18. The summed E-state index contributed by atoms with van der Waals surface area (Å²) in [5.74, 6) is -1.54. The number of hydrogen-bond acceptors (Lipinski definition) is 10. The van der Waals surface area contributed by atoms with E-state index in [1.807, 2.05) is 13.8 Å². The van der Waals surface area contributed by atoms with E-state index < -0.39 is 0 Å². The third kappa shape index (κ3) is 19.5. The third-order valence-corrected chi connectivity index (χ3v) is 6.22. The van der Waals surface area contributed by atoms with Crippen molar-refractivity contribution in [2.75, 3.05) is 66.7 Å². The Hall–Kier alpha value is -3.92. The Morgan fingerprint density at radius 1 is 0.652 bits per heavy atom. The molecular weight excluding hydrogens is 604 g/mol. The number of likely N-dealkylation sites (N-methyl/N-ethyl adjacent to an activating group) is 2. The first-order valence-electron chi connectivity index (χ1n) is 15.5. The van der Waals surface area contributed by atoms with Crippen LogP contribution in [0.3, 0.4) is 0 Å². The van der Waals surface area contributed by atoms with Gasteiger partial charge in [-0.3, -0.25) is 48.2 Å². The van der Waals surface area contributed by atoms with Crippen molar-refractivity contribution in [1.82, 2.24) is 31.1 Å². The van der Waals surface area contributed by atoms with Crippen molar-refractivity contribution in [3.8, 4) is 0 Å². The second-order valence-corrected chi connectivity index (χ2v) is 10.1. The van der Waals surface area contributed by atoms with Crippen LogP contribution >= 0.6 is 0 Å². The summed E-state index contributed by atoms with van der Waals surface area (Å²) < 4.78 is 9.51. The van der Waals surface area contributed by atoms with Crippen LogP contribution in [0.2, 0.25) is 0 Å². The number of nitrogens with one attached hydrogen (secondary N) is 4. The number of amides is 8. The average molecular weight is 659 g/mol. The number of hydrogen-bond donors (Lipinski definition) is 4. The van der Waals surface area contributed by atoms with Crippen LogP contribution in [0.15, 0.2) is 0 Å². The Labute approximate surface area is 272 Å². The van der Waals surface area contributed by atoms with E-state index in [1.54, 1.807) is 41.9 Å².